The molecule has 4 aromatic rings. The van der Waals surface area contributed by atoms with Gasteiger partial charge in [-0.25, -0.2) is 4.39 Å². The number of hydrogen-bond acceptors (Lipinski definition) is 5. The van der Waals surface area contributed by atoms with Gasteiger partial charge in [-0.3, -0.25) is 14.9 Å². The molecule has 1 heterocycles. The van der Waals surface area contributed by atoms with Crippen LogP contribution in [0.3, 0.4) is 0 Å². The highest BCUT2D eigenvalue weighted by Gasteiger charge is 2.23. The number of rotatable bonds is 7. The highest BCUT2D eigenvalue weighted by Crippen LogP contribution is 2.26. The van der Waals surface area contributed by atoms with Crippen molar-refractivity contribution in [1.29, 1.82) is 0 Å². The Kier molecular flexibility index (Phi) is 6.62. The Labute approximate surface area is 188 Å². The van der Waals surface area contributed by atoms with Crippen LogP contribution in [0.1, 0.15) is 15.9 Å². The zero-order chi connectivity index (χ0) is 22.3. The van der Waals surface area contributed by atoms with Crippen LogP contribution in [0.2, 0.25) is 0 Å². The first-order chi connectivity index (χ1) is 15.6. The van der Waals surface area contributed by atoms with Gasteiger partial charge in [0, 0.05) is 17.5 Å². The summed E-state index contributed by atoms with van der Waals surface area (Å²) in [6.45, 7) is 0. The highest BCUT2D eigenvalue weighted by atomic mass is 32.1. The van der Waals surface area contributed by atoms with Crippen molar-refractivity contribution in [2.24, 2.45) is 0 Å². The molecule has 0 aliphatic carbocycles. The van der Waals surface area contributed by atoms with E-state index in [1.165, 1.54) is 23.5 Å². The van der Waals surface area contributed by atoms with Crippen molar-refractivity contribution in [2.45, 2.75) is 12.5 Å². The first kappa shape index (κ1) is 21.3. The molecule has 0 bridgehead atoms. The topological polar surface area (TPSA) is 84.0 Å². The van der Waals surface area contributed by atoms with Gasteiger partial charge in [-0.1, -0.05) is 59.9 Å². The van der Waals surface area contributed by atoms with Crippen molar-refractivity contribution in [3.8, 4) is 10.6 Å². The number of hydrogen-bond donors (Lipinski definition) is 2. The molecule has 8 heteroatoms. The lowest BCUT2D eigenvalue weighted by atomic mass is 10.0. The Morgan fingerprint density at radius 2 is 1.53 bits per heavy atom. The molecule has 2 N–H and O–H groups in total. The predicted molar refractivity (Wildman–Crippen MR) is 122 cm³/mol. The van der Waals surface area contributed by atoms with Gasteiger partial charge in [0.25, 0.3) is 5.91 Å². The highest BCUT2D eigenvalue weighted by molar-refractivity contribution is 7.18. The second-order valence-electron chi connectivity index (χ2n) is 6.99. The zero-order valence-corrected chi connectivity index (χ0v) is 17.7. The predicted octanol–water partition coefficient (Wildman–Crippen LogP) is 4.32. The first-order valence-corrected chi connectivity index (χ1v) is 10.7. The third-order valence-corrected chi connectivity index (χ3v) is 5.57. The SMILES string of the molecule is O=C(N[C@H](Cc1ccccc1)C(=O)Nc1nnc(-c2ccc(F)cc2)s1)c1ccccc1. The minimum Gasteiger partial charge on any atom is -0.340 e. The van der Waals surface area contributed by atoms with Crippen LogP contribution in [-0.4, -0.2) is 28.1 Å². The molecule has 6 nitrogen and oxygen atoms in total. The van der Waals surface area contributed by atoms with Crippen molar-refractivity contribution >= 4 is 28.3 Å². The Bertz CT molecular complexity index is 1200. The molecule has 0 fully saturated rings. The lowest BCUT2D eigenvalue weighted by Crippen LogP contribution is -2.45. The summed E-state index contributed by atoms with van der Waals surface area (Å²) in [6.07, 6.45) is 0.314. The second kappa shape index (κ2) is 9.93. The fraction of sp³-hybridized carbons (Fsp3) is 0.0833. The van der Waals surface area contributed by atoms with E-state index in [2.05, 4.69) is 20.8 Å². The van der Waals surface area contributed by atoms with E-state index in [0.717, 1.165) is 5.56 Å². The average molecular weight is 447 g/mol. The molecule has 2 amide bonds. The lowest BCUT2D eigenvalue weighted by Gasteiger charge is -2.18. The first-order valence-electron chi connectivity index (χ1n) is 9.88. The number of nitrogens with zero attached hydrogens (tertiary/aromatic N) is 2. The van der Waals surface area contributed by atoms with Crippen LogP contribution < -0.4 is 10.6 Å². The minimum atomic E-state index is -0.816. The summed E-state index contributed by atoms with van der Waals surface area (Å²) < 4.78 is 13.2. The van der Waals surface area contributed by atoms with Gasteiger partial charge in [-0.05, 0) is 42.0 Å². The van der Waals surface area contributed by atoms with Gasteiger partial charge in [-0.15, -0.1) is 10.2 Å². The van der Waals surface area contributed by atoms with Gasteiger partial charge in [0.15, 0.2) is 0 Å². The molecule has 32 heavy (non-hydrogen) atoms. The fourth-order valence-electron chi connectivity index (χ4n) is 3.07. The van der Waals surface area contributed by atoms with Crippen LogP contribution in [0.25, 0.3) is 10.6 Å². The maximum atomic E-state index is 13.2. The average Bonchev–Trinajstić information content (AvgIpc) is 3.28. The van der Waals surface area contributed by atoms with Gasteiger partial charge in [0.05, 0.1) is 0 Å². The molecule has 0 saturated heterocycles. The monoisotopic (exact) mass is 446 g/mol. The van der Waals surface area contributed by atoms with E-state index < -0.39 is 11.9 Å². The summed E-state index contributed by atoms with van der Waals surface area (Å²) in [7, 11) is 0. The van der Waals surface area contributed by atoms with Crippen LogP contribution in [0.5, 0.6) is 0 Å². The van der Waals surface area contributed by atoms with Crippen molar-refractivity contribution in [2.75, 3.05) is 5.32 Å². The lowest BCUT2D eigenvalue weighted by molar-refractivity contribution is -0.118. The molecule has 0 saturated carbocycles. The number of nitrogens with one attached hydrogen (secondary N) is 2. The van der Waals surface area contributed by atoms with E-state index in [0.29, 0.717) is 27.7 Å². The summed E-state index contributed by atoms with van der Waals surface area (Å²) in [4.78, 5) is 25.7. The van der Waals surface area contributed by atoms with E-state index in [1.54, 1.807) is 36.4 Å². The van der Waals surface area contributed by atoms with E-state index in [-0.39, 0.29) is 11.7 Å². The van der Waals surface area contributed by atoms with E-state index in [4.69, 9.17) is 0 Å². The molecule has 1 aromatic heterocycles. The third kappa shape index (κ3) is 5.41. The van der Waals surface area contributed by atoms with Crippen LogP contribution in [0.15, 0.2) is 84.9 Å². The molecule has 0 spiro atoms. The second-order valence-corrected chi connectivity index (χ2v) is 7.97. The fourth-order valence-corrected chi connectivity index (χ4v) is 3.82. The smallest absolute Gasteiger partial charge is 0.251 e. The van der Waals surface area contributed by atoms with Crippen molar-refractivity contribution < 1.29 is 14.0 Å². The summed E-state index contributed by atoms with van der Waals surface area (Å²) in [5.74, 6) is -1.09. The molecule has 0 unspecified atom stereocenters. The molecule has 0 aliphatic heterocycles. The van der Waals surface area contributed by atoms with E-state index in [1.807, 2.05) is 36.4 Å². The molecular formula is C24H19FN4O2S. The molecule has 0 aliphatic rings. The summed E-state index contributed by atoms with van der Waals surface area (Å²) in [5.41, 5.74) is 2.07. The molecule has 3 aromatic carbocycles. The molecule has 0 radical (unpaired) electrons. The van der Waals surface area contributed by atoms with Crippen LogP contribution in [-0.2, 0) is 11.2 Å². The number of carbonyl (C=O) groups is 2. The van der Waals surface area contributed by atoms with Gasteiger partial charge in [0.2, 0.25) is 11.0 Å². The summed E-state index contributed by atoms with van der Waals surface area (Å²) in [6, 6.07) is 23.2. The van der Waals surface area contributed by atoms with Crippen LogP contribution in [0, 0.1) is 5.82 Å². The molecule has 1 atom stereocenters. The maximum Gasteiger partial charge on any atom is 0.251 e. The van der Waals surface area contributed by atoms with Crippen LogP contribution in [0.4, 0.5) is 9.52 Å². The summed E-state index contributed by atoms with van der Waals surface area (Å²) >= 11 is 1.17. The third-order valence-electron chi connectivity index (χ3n) is 4.69. The number of carbonyl (C=O) groups excluding carboxylic acids is 2. The quantitative estimate of drug-likeness (QED) is 0.443. The number of anilines is 1. The van der Waals surface area contributed by atoms with Gasteiger partial charge < -0.3 is 5.32 Å². The minimum absolute atomic E-state index is 0.293. The van der Waals surface area contributed by atoms with E-state index in [9.17, 15) is 14.0 Å². The van der Waals surface area contributed by atoms with E-state index >= 15 is 0 Å². The van der Waals surface area contributed by atoms with Gasteiger partial charge >= 0.3 is 0 Å². The molecule has 4 rings (SSSR count). The van der Waals surface area contributed by atoms with Crippen molar-refractivity contribution in [3.05, 3.63) is 102 Å². The Balaban J connectivity index is 1.50. The normalized spacial score (nSPS) is 11.5. The van der Waals surface area contributed by atoms with Crippen molar-refractivity contribution in [3.63, 3.8) is 0 Å². The van der Waals surface area contributed by atoms with Gasteiger partial charge in [0.1, 0.15) is 16.9 Å². The standard InChI is InChI=1S/C24H19FN4O2S/c25-19-13-11-18(12-14-19)23-28-29-24(32-23)27-22(31)20(15-16-7-3-1-4-8-16)26-21(30)17-9-5-2-6-10-17/h1-14,20H,15H2,(H,26,30)(H,27,29,31)/t20-/m1/s1. The Hall–Kier alpha value is -3.91. The number of benzene rings is 3. The van der Waals surface area contributed by atoms with Crippen molar-refractivity contribution in [1.82, 2.24) is 15.5 Å². The zero-order valence-electron chi connectivity index (χ0n) is 16.9. The number of halogens is 1. The number of amides is 2. The largest absolute Gasteiger partial charge is 0.340 e. The Morgan fingerprint density at radius 3 is 2.22 bits per heavy atom. The maximum absolute atomic E-state index is 13.2. The summed E-state index contributed by atoms with van der Waals surface area (Å²) in [5, 5.41) is 14.5. The Morgan fingerprint density at radius 1 is 0.875 bits per heavy atom. The van der Waals surface area contributed by atoms with Gasteiger partial charge in [-0.2, -0.15) is 0 Å². The molecule has 160 valence electrons. The number of aromatic nitrogens is 2. The van der Waals surface area contributed by atoms with Crippen LogP contribution >= 0.6 is 11.3 Å². The molecular weight excluding hydrogens is 427 g/mol.